The van der Waals surface area contributed by atoms with E-state index in [1.807, 2.05) is 24.3 Å². The number of rotatable bonds is 2. The second-order valence-corrected chi connectivity index (χ2v) is 4.19. The number of aromatic amines is 1. The third-order valence-corrected chi connectivity index (χ3v) is 2.86. The fourth-order valence-electron chi connectivity index (χ4n) is 1.98. The zero-order valence-corrected chi connectivity index (χ0v) is 9.59. The van der Waals surface area contributed by atoms with Crippen LogP contribution < -0.4 is 0 Å². The van der Waals surface area contributed by atoms with Crippen molar-refractivity contribution in [3.05, 3.63) is 53.9 Å². The highest BCUT2D eigenvalue weighted by Gasteiger charge is 2.07. The van der Waals surface area contributed by atoms with E-state index in [1.54, 1.807) is 6.07 Å². The number of aromatic hydroxyl groups is 2. The van der Waals surface area contributed by atoms with Crippen LogP contribution in [0.5, 0.6) is 11.5 Å². The van der Waals surface area contributed by atoms with Crippen LogP contribution in [0.2, 0.25) is 0 Å². The maximum atomic E-state index is 9.72. The quantitative estimate of drug-likeness (QED) is 0.617. The molecule has 0 aliphatic heterocycles. The third kappa shape index (κ3) is 2.52. The molecular weight excluding hydrogens is 240 g/mol. The molecular formula is C15H16N2O2. The van der Waals surface area contributed by atoms with Gasteiger partial charge in [0.2, 0.25) is 0 Å². The molecule has 0 radical (unpaired) electrons. The van der Waals surface area contributed by atoms with E-state index in [4.69, 9.17) is 0 Å². The molecule has 0 atom stereocenters. The summed E-state index contributed by atoms with van der Waals surface area (Å²) in [5.41, 5.74) is 2.51. The standard InChI is InChI=1S/C14H12N2O2.CH4/c17-10-5-6-13(18)9(7-10)8-14-15-11-3-1-2-4-12(11)16-14;/h1-7,17-18H,8H2,(H,15,16);1H4. The van der Waals surface area contributed by atoms with E-state index in [0.717, 1.165) is 16.9 Å². The molecule has 0 unspecified atom stereocenters. The average Bonchev–Trinajstić information content (AvgIpc) is 2.76. The van der Waals surface area contributed by atoms with E-state index < -0.39 is 0 Å². The zero-order valence-electron chi connectivity index (χ0n) is 9.59. The van der Waals surface area contributed by atoms with Crippen molar-refractivity contribution >= 4 is 11.0 Å². The predicted molar refractivity (Wildman–Crippen MR) is 75.4 cm³/mol. The minimum Gasteiger partial charge on any atom is -0.508 e. The van der Waals surface area contributed by atoms with E-state index in [0.29, 0.717) is 12.0 Å². The Morgan fingerprint density at radius 3 is 2.63 bits per heavy atom. The second kappa shape index (κ2) is 5.02. The Morgan fingerprint density at radius 1 is 1.05 bits per heavy atom. The lowest BCUT2D eigenvalue weighted by Gasteiger charge is -2.02. The highest BCUT2D eigenvalue weighted by molar-refractivity contribution is 5.74. The first-order valence-electron chi connectivity index (χ1n) is 5.67. The molecule has 3 aromatic rings. The molecule has 1 aromatic heterocycles. The molecule has 4 nitrogen and oxygen atoms in total. The normalized spacial score (nSPS) is 10.3. The lowest BCUT2D eigenvalue weighted by atomic mass is 10.1. The van der Waals surface area contributed by atoms with Gasteiger partial charge in [0.25, 0.3) is 0 Å². The van der Waals surface area contributed by atoms with E-state index in [2.05, 4.69) is 9.97 Å². The van der Waals surface area contributed by atoms with Crippen LogP contribution in [0.25, 0.3) is 11.0 Å². The molecule has 1 heterocycles. The number of hydrogen-bond donors (Lipinski definition) is 3. The van der Waals surface area contributed by atoms with Crippen molar-refractivity contribution < 1.29 is 10.2 Å². The summed E-state index contributed by atoms with van der Waals surface area (Å²) < 4.78 is 0. The number of hydrogen-bond acceptors (Lipinski definition) is 3. The maximum Gasteiger partial charge on any atom is 0.119 e. The maximum absolute atomic E-state index is 9.72. The number of fused-ring (bicyclic) bond motifs is 1. The molecule has 0 bridgehead atoms. The number of para-hydroxylation sites is 2. The van der Waals surface area contributed by atoms with Crippen molar-refractivity contribution in [3.8, 4) is 11.5 Å². The van der Waals surface area contributed by atoms with Crippen LogP contribution in [-0.2, 0) is 6.42 Å². The van der Waals surface area contributed by atoms with E-state index in [9.17, 15) is 10.2 Å². The summed E-state index contributed by atoms with van der Waals surface area (Å²) in [6, 6.07) is 12.2. The molecule has 0 aliphatic rings. The predicted octanol–water partition coefficient (Wildman–Crippen LogP) is 3.20. The Morgan fingerprint density at radius 2 is 1.84 bits per heavy atom. The van der Waals surface area contributed by atoms with Gasteiger partial charge in [-0.05, 0) is 30.3 Å². The molecule has 0 saturated carbocycles. The monoisotopic (exact) mass is 256 g/mol. The smallest absolute Gasteiger partial charge is 0.119 e. The SMILES string of the molecule is C.Oc1ccc(O)c(Cc2nc3ccccc3[nH]2)c1. The minimum absolute atomic E-state index is 0. The molecule has 0 saturated heterocycles. The van der Waals surface area contributed by atoms with Crippen LogP contribution >= 0.6 is 0 Å². The summed E-state index contributed by atoms with van der Waals surface area (Å²) in [5.74, 6) is 1.06. The first-order chi connectivity index (χ1) is 8.72. The molecule has 0 fully saturated rings. The Kier molecular flexibility index (Phi) is 3.42. The lowest BCUT2D eigenvalue weighted by Crippen LogP contribution is -1.91. The topological polar surface area (TPSA) is 69.1 Å². The number of imidazole rings is 1. The zero-order chi connectivity index (χ0) is 12.5. The number of aromatic nitrogens is 2. The van der Waals surface area contributed by atoms with Crippen molar-refractivity contribution in [3.63, 3.8) is 0 Å². The number of nitrogens with one attached hydrogen (secondary N) is 1. The largest absolute Gasteiger partial charge is 0.508 e. The van der Waals surface area contributed by atoms with Gasteiger partial charge >= 0.3 is 0 Å². The first-order valence-corrected chi connectivity index (χ1v) is 5.67. The van der Waals surface area contributed by atoms with Gasteiger partial charge in [0.05, 0.1) is 11.0 Å². The van der Waals surface area contributed by atoms with Crippen LogP contribution in [0.3, 0.4) is 0 Å². The molecule has 0 spiro atoms. The number of nitrogens with zero attached hydrogens (tertiary/aromatic N) is 1. The van der Waals surface area contributed by atoms with Gasteiger partial charge in [-0.3, -0.25) is 0 Å². The van der Waals surface area contributed by atoms with Crippen molar-refractivity contribution in [1.82, 2.24) is 9.97 Å². The molecule has 98 valence electrons. The number of phenolic OH excluding ortho intramolecular Hbond substituents is 2. The Bertz CT molecular complexity index is 671. The van der Waals surface area contributed by atoms with Gasteiger partial charge in [0.15, 0.2) is 0 Å². The Labute approximate surface area is 111 Å². The first kappa shape index (κ1) is 13.0. The lowest BCUT2D eigenvalue weighted by molar-refractivity contribution is 0.455. The average molecular weight is 256 g/mol. The molecule has 4 heteroatoms. The fraction of sp³-hybridized carbons (Fsp3) is 0.133. The molecule has 0 amide bonds. The molecule has 0 aliphatic carbocycles. The van der Waals surface area contributed by atoms with Crippen LogP contribution in [0.1, 0.15) is 18.8 Å². The highest BCUT2D eigenvalue weighted by Crippen LogP contribution is 2.24. The van der Waals surface area contributed by atoms with Gasteiger partial charge in [0, 0.05) is 12.0 Å². The van der Waals surface area contributed by atoms with Crippen LogP contribution in [0.4, 0.5) is 0 Å². The molecule has 2 aromatic carbocycles. The second-order valence-electron chi connectivity index (χ2n) is 4.19. The third-order valence-electron chi connectivity index (χ3n) is 2.86. The van der Waals surface area contributed by atoms with E-state index in [1.165, 1.54) is 12.1 Å². The van der Waals surface area contributed by atoms with Crippen LogP contribution in [0, 0.1) is 0 Å². The summed E-state index contributed by atoms with van der Waals surface area (Å²) in [6.07, 6.45) is 0.453. The number of benzene rings is 2. The number of H-pyrrole nitrogens is 1. The van der Waals surface area contributed by atoms with Crippen LogP contribution in [0.15, 0.2) is 42.5 Å². The van der Waals surface area contributed by atoms with Crippen molar-refractivity contribution in [2.75, 3.05) is 0 Å². The van der Waals surface area contributed by atoms with Gasteiger partial charge in [-0.25, -0.2) is 4.98 Å². The molecule has 3 rings (SSSR count). The van der Waals surface area contributed by atoms with E-state index in [-0.39, 0.29) is 18.9 Å². The summed E-state index contributed by atoms with van der Waals surface area (Å²) in [4.78, 5) is 7.62. The number of phenols is 2. The van der Waals surface area contributed by atoms with Gasteiger partial charge in [0.1, 0.15) is 17.3 Å². The summed E-state index contributed by atoms with van der Waals surface area (Å²) in [5, 5.41) is 19.1. The van der Waals surface area contributed by atoms with Gasteiger partial charge in [-0.2, -0.15) is 0 Å². The Hall–Kier alpha value is -2.49. The molecule has 3 N–H and O–H groups in total. The summed E-state index contributed by atoms with van der Waals surface area (Å²) >= 11 is 0. The van der Waals surface area contributed by atoms with Gasteiger partial charge < -0.3 is 15.2 Å². The van der Waals surface area contributed by atoms with Crippen molar-refractivity contribution in [2.45, 2.75) is 13.8 Å². The summed E-state index contributed by atoms with van der Waals surface area (Å²) in [7, 11) is 0. The van der Waals surface area contributed by atoms with Crippen molar-refractivity contribution in [2.24, 2.45) is 0 Å². The highest BCUT2D eigenvalue weighted by atomic mass is 16.3. The minimum atomic E-state index is 0. The Balaban J connectivity index is 0.00000133. The fourth-order valence-corrected chi connectivity index (χ4v) is 1.98. The van der Waals surface area contributed by atoms with Gasteiger partial charge in [-0.1, -0.05) is 19.6 Å². The molecule has 19 heavy (non-hydrogen) atoms. The van der Waals surface area contributed by atoms with Crippen molar-refractivity contribution in [1.29, 1.82) is 0 Å². The van der Waals surface area contributed by atoms with E-state index >= 15 is 0 Å². The van der Waals surface area contributed by atoms with Crippen LogP contribution in [-0.4, -0.2) is 20.2 Å². The van der Waals surface area contributed by atoms with Gasteiger partial charge in [-0.15, -0.1) is 0 Å². The summed E-state index contributed by atoms with van der Waals surface area (Å²) in [6.45, 7) is 0.